The van der Waals surface area contributed by atoms with Crippen molar-refractivity contribution in [2.45, 2.75) is 12.5 Å². The van der Waals surface area contributed by atoms with Gasteiger partial charge in [0, 0.05) is 6.54 Å². The zero-order valence-electron chi connectivity index (χ0n) is 8.95. The van der Waals surface area contributed by atoms with Crippen LogP contribution in [-0.4, -0.2) is 44.0 Å². The number of aromatic nitrogens is 4. The van der Waals surface area contributed by atoms with Gasteiger partial charge in [-0.15, -0.1) is 0 Å². The summed E-state index contributed by atoms with van der Waals surface area (Å²) in [6.07, 6.45) is 2.41. The molecule has 1 saturated heterocycles. The van der Waals surface area contributed by atoms with E-state index in [1.165, 1.54) is 6.33 Å². The molecular formula is C9H12N6O2. The lowest BCUT2D eigenvalue weighted by atomic mass is 10.5. The number of ether oxygens (including phenoxy) is 1. The Kier molecular flexibility index (Phi) is 2.39. The third-order valence-corrected chi connectivity index (χ3v) is 2.70. The summed E-state index contributed by atoms with van der Waals surface area (Å²) >= 11 is 0. The van der Waals surface area contributed by atoms with Gasteiger partial charge in [-0.2, -0.15) is 0 Å². The van der Waals surface area contributed by atoms with E-state index in [1.807, 2.05) is 0 Å². The van der Waals surface area contributed by atoms with E-state index in [0.717, 1.165) is 0 Å². The van der Waals surface area contributed by atoms with E-state index in [2.05, 4.69) is 20.3 Å². The third-order valence-electron chi connectivity index (χ3n) is 2.70. The molecule has 90 valence electrons. The molecule has 3 rings (SSSR count). The summed E-state index contributed by atoms with van der Waals surface area (Å²) in [7, 11) is 0. The number of nitrogens with one attached hydrogen (secondary N) is 1. The Hall–Kier alpha value is -1.77. The van der Waals surface area contributed by atoms with Gasteiger partial charge in [-0.25, -0.2) is 15.0 Å². The van der Waals surface area contributed by atoms with Crippen molar-refractivity contribution >= 4 is 17.0 Å². The number of aliphatic hydroxyl groups excluding tert-OH is 1. The van der Waals surface area contributed by atoms with Crippen molar-refractivity contribution in [3.05, 3.63) is 12.7 Å². The minimum Gasteiger partial charge on any atom is -0.392 e. The molecule has 2 aromatic rings. The van der Waals surface area contributed by atoms with Gasteiger partial charge in [0.25, 0.3) is 0 Å². The minimum atomic E-state index is -0.350. The van der Waals surface area contributed by atoms with Crippen LogP contribution in [0.2, 0.25) is 0 Å². The molecule has 1 fully saturated rings. The maximum Gasteiger partial charge on any atom is 0.167 e. The van der Waals surface area contributed by atoms with E-state index in [9.17, 15) is 0 Å². The van der Waals surface area contributed by atoms with Crippen LogP contribution in [0.3, 0.4) is 0 Å². The number of hydrogen-bond donors (Lipinski definition) is 3. The first-order chi connectivity index (χ1) is 8.29. The molecule has 0 aliphatic carbocycles. The van der Waals surface area contributed by atoms with Crippen molar-refractivity contribution < 1.29 is 9.84 Å². The Morgan fingerprint density at radius 1 is 1.53 bits per heavy atom. The van der Waals surface area contributed by atoms with Crippen LogP contribution in [0, 0.1) is 0 Å². The SMILES string of the molecule is Nc1ncnc2c1ncn2C1CNC(CO)O1. The quantitative estimate of drug-likeness (QED) is 0.603. The fourth-order valence-electron chi connectivity index (χ4n) is 1.87. The van der Waals surface area contributed by atoms with E-state index >= 15 is 0 Å². The molecule has 2 aromatic heterocycles. The first-order valence-electron chi connectivity index (χ1n) is 5.22. The summed E-state index contributed by atoms with van der Waals surface area (Å²) in [5, 5.41) is 12.0. The second kappa shape index (κ2) is 3.91. The molecule has 2 atom stereocenters. The van der Waals surface area contributed by atoms with Crippen LogP contribution < -0.4 is 11.1 Å². The average molecular weight is 236 g/mol. The Balaban J connectivity index is 1.99. The van der Waals surface area contributed by atoms with Gasteiger partial charge in [0.1, 0.15) is 18.1 Å². The van der Waals surface area contributed by atoms with Crippen LogP contribution in [0.1, 0.15) is 6.23 Å². The first-order valence-corrected chi connectivity index (χ1v) is 5.22. The second-order valence-corrected chi connectivity index (χ2v) is 3.75. The van der Waals surface area contributed by atoms with Crippen LogP contribution in [0.25, 0.3) is 11.2 Å². The standard InChI is InChI=1S/C9H12N6O2/c10-8-7-9(13-3-12-8)15(4-14-7)6-1-11-5(2-16)17-6/h3-6,11,16H,1-2H2,(H2,10,12,13). The molecule has 0 bridgehead atoms. The van der Waals surface area contributed by atoms with E-state index in [1.54, 1.807) is 10.9 Å². The van der Waals surface area contributed by atoms with Gasteiger partial charge >= 0.3 is 0 Å². The maximum atomic E-state index is 8.98. The number of rotatable bonds is 2. The summed E-state index contributed by atoms with van der Waals surface area (Å²) in [5.41, 5.74) is 6.88. The normalized spacial score (nSPS) is 24.5. The fraction of sp³-hybridized carbons (Fsp3) is 0.444. The molecule has 4 N–H and O–H groups in total. The highest BCUT2D eigenvalue weighted by Crippen LogP contribution is 2.22. The van der Waals surface area contributed by atoms with Gasteiger partial charge in [-0.05, 0) is 0 Å². The summed E-state index contributed by atoms with van der Waals surface area (Å²) in [6, 6.07) is 0. The Bertz CT molecular complexity index is 541. The van der Waals surface area contributed by atoms with Gasteiger partial charge in [-0.3, -0.25) is 9.88 Å². The highest BCUT2D eigenvalue weighted by Gasteiger charge is 2.26. The summed E-state index contributed by atoms with van der Waals surface area (Å²) in [5.74, 6) is 0.346. The highest BCUT2D eigenvalue weighted by atomic mass is 16.5. The van der Waals surface area contributed by atoms with Gasteiger partial charge < -0.3 is 15.6 Å². The molecule has 1 aliphatic heterocycles. The summed E-state index contributed by atoms with van der Waals surface area (Å²) < 4.78 is 7.34. The average Bonchev–Trinajstić information content (AvgIpc) is 2.94. The molecule has 3 heterocycles. The number of aliphatic hydroxyl groups is 1. The monoisotopic (exact) mass is 236 g/mol. The first kappa shape index (κ1) is 10.4. The molecule has 17 heavy (non-hydrogen) atoms. The van der Waals surface area contributed by atoms with Crippen LogP contribution >= 0.6 is 0 Å². The number of nitrogens with zero attached hydrogens (tertiary/aromatic N) is 4. The highest BCUT2D eigenvalue weighted by molar-refractivity contribution is 5.81. The van der Waals surface area contributed by atoms with Crippen molar-refractivity contribution in [1.29, 1.82) is 0 Å². The Labute approximate surface area is 96.4 Å². The minimum absolute atomic E-state index is 0.0692. The van der Waals surface area contributed by atoms with Crippen molar-refractivity contribution in [3.63, 3.8) is 0 Å². The van der Waals surface area contributed by atoms with Gasteiger partial charge in [0.15, 0.2) is 17.7 Å². The van der Waals surface area contributed by atoms with Gasteiger partial charge in [0.2, 0.25) is 0 Å². The fourth-order valence-corrected chi connectivity index (χ4v) is 1.87. The predicted octanol–water partition coefficient (Wildman–Crippen LogP) is -1.15. The second-order valence-electron chi connectivity index (χ2n) is 3.75. The predicted molar refractivity (Wildman–Crippen MR) is 58.7 cm³/mol. The molecule has 1 aliphatic rings. The lowest BCUT2D eigenvalue weighted by Crippen LogP contribution is -2.25. The van der Waals surface area contributed by atoms with Crippen molar-refractivity contribution in [3.8, 4) is 0 Å². The van der Waals surface area contributed by atoms with E-state index in [0.29, 0.717) is 23.5 Å². The van der Waals surface area contributed by atoms with Gasteiger partial charge in [-0.1, -0.05) is 0 Å². The molecule has 0 spiro atoms. The Morgan fingerprint density at radius 2 is 2.41 bits per heavy atom. The smallest absolute Gasteiger partial charge is 0.167 e. The molecule has 8 nitrogen and oxygen atoms in total. The molecule has 0 radical (unpaired) electrons. The van der Waals surface area contributed by atoms with Crippen molar-refractivity contribution in [2.75, 3.05) is 18.9 Å². The molecule has 0 amide bonds. The zero-order valence-corrected chi connectivity index (χ0v) is 8.95. The van der Waals surface area contributed by atoms with E-state index < -0.39 is 0 Å². The van der Waals surface area contributed by atoms with Crippen molar-refractivity contribution in [2.24, 2.45) is 0 Å². The molecule has 0 aromatic carbocycles. The number of hydrogen-bond acceptors (Lipinski definition) is 7. The largest absolute Gasteiger partial charge is 0.392 e. The van der Waals surface area contributed by atoms with E-state index in [-0.39, 0.29) is 19.1 Å². The maximum absolute atomic E-state index is 8.98. The molecule has 0 saturated carbocycles. The summed E-state index contributed by atoms with van der Waals surface area (Å²) in [6.45, 7) is 0.515. The third kappa shape index (κ3) is 1.62. The number of nitrogens with two attached hydrogens (primary N) is 1. The van der Waals surface area contributed by atoms with Crippen LogP contribution in [-0.2, 0) is 4.74 Å². The van der Waals surface area contributed by atoms with Crippen molar-refractivity contribution in [1.82, 2.24) is 24.8 Å². The number of fused-ring (bicyclic) bond motifs is 1. The molecule has 8 heteroatoms. The lowest BCUT2D eigenvalue weighted by molar-refractivity contribution is -0.0230. The zero-order chi connectivity index (χ0) is 11.8. The van der Waals surface area contributed by atoms with Crippen LogP contribution in [0.15, 0.2) is 12.7 Å². The van der Waals surface area contributed by atoms with Gasteiger partial charge in [0.05, 0.1) is 12.9 Å². The van der Waals surface area contributed by atoms with E-state index in [4.69, 9.17) is 15.6 Å². The number of imidazole rings is 1. The molecule has 2 unspecified atom stereocenters. The Morgan fingerprint density at radius 3 is 3.18 bits per heavy atom. The lowest BCUT2D eigenvalue weighted by Gasteiger charge is -2.12. The number of anilines is 1. The number of nitrogen functional groups attached to an aromatic ring is 1. The van der Waals surface area contributed by atoms with Crippen LogP contribution in [0.5, 0.6) is 0 Å². The summed E-state index contributed by atoms with van der Waals surface area (Å²) in [4.78, 5) is 12.2. The van der Waals surface area contributed by atoms with Crippen LogP contribution in [0.4, 0.5) is 5.82 Å². The molecular weight excluding hydrogens is 224 g/mol. The topological polar surface area (TPSA) is 111 Å².